The number of ether oxygens (including phenoxy) is 1. The molecule has 0 fully saturated rings. The molecule has 2 atom stereocenters. The van der Waals surface area contributed by atoms with Crippen LogP contribution in [0.4, 0.5) is 4.39 Å². The lowest BCUT2D eigenvalue weighted by molar-refractivity contribution is -0.0121. The highest BCUT2D eigenvalue weighted by atomic mass is 19.1. The van der Waals surface area contributed by atoms with Gasteiger partial charge in [-0.15, -0.1) is 0 Å². The van der Waals surface area contributed by atoms with Gasteiger partial charge in [-0.05, 0) is 65.8 Å². The van der Waals surface area contributed by atoms with Crippen molar-refractivity contribution >= 4 is 5.97 Å². The number of hydrogen-bond donors (Lipinski definition) is 3. The van der Waals surface area contributed by atoms with Crippen molar-refractivity contribution < 1.29 is 24.1 Å². The van der Waals surface area contributed by atoms with E-state index in [0.717, 1.165) is 16.7 Å². The highest BCUT2D eigenvalue weighted by Crippen LogP contribution is 2.43. The van der Waals surface area contributed by atoms with E-state index < -0.39 is 22.9 Å². The number of rotatable bonds is 7. The maximum absolute atomic E-state index is 14.1. The molecule has 34 heavy (non-hydrogen) atoms. The number of phenols is 1. The average molecular weight is 464 g/mol. The number of aromatic hydroxyl groups is 1. The maximum atomic E-state index is 14.1. The van der Waals surface area contributed by atoms with Crippen LogP contribution in [0.3, 0.4) is 0 Å². The number of nitrogens with two attached hydrogens (primary N) is 1. The van der Waals surface area contributed by atoms with E-state index in [0.29, 0.717) is 16.7 Å². The highest BCUT2D eigenvalue weighted by Gasteiger charge is 2.42. The van der Waals surface area contributed by atoms with Gasteiger partial charge in [-0.2, -0.15) is 0 Å². The Morgan fingerprint density at radius 1 is 1.12 bits per heavy atom. The summed E-state index contributed by atoms with van der Waals surface area (Å²) in [6.07, 6.45) is 0.409. The summed E-state index contributed by atoms with van der Waals surface area (Å²) in [5.41, 5.74) is 8.76. The van der Waals surface area contributed by atoms with Crippen LogP contribution < -0.4 is 5.73 Å². The van der Waals surface area contributed by atoms with Gasteiger partial charge in [0.05, 0.1) is 17.2 Å². The van der Waals surface area contributed by atoms with Crippen LogP contribution >= 0.6 is 0 Å². The molecule has 1 aliphatic rings. The fraction of sp³-hybridized carbons (Fsp3) is 0.321. The third-order valence-corrected chi connectivity index (χ3v) is 6.84. The van der Waals surface area contributed by atoms with E-state index in [9.17, 15) is 19.4 Å². The van der Waals surface area contributed by atoms with Crippen LogP contribution in [-0.2, 0) is 23.2 Å². The number of halogens is 1. The monoisotopic (exact) mass is 463 g/mol. The number of carbonyl (C=O) groups is 1. The van der Waals surface area contributed by atoms with Gasteiger partial charge in [-0.3, -0.25) is 0 Å². The molecule has 0 amide bonds. The van der Waals surface area contributed by atoms with E-state index in [-0.39, 0.29) is 31.2 Å². The number of phenolic OH excluding ortho intramolecular Hbond substituents is 1. The second-order valence-corrected chi connectivity index (χ2v) is 9.90. The first-order valence-electron chi connectivity index (χ1n) is 11.3. The molecule has 0 saturated heterocycles. The molecule has 1 heterocycles. The third-order valence-electron chi connectivity index (χ3n) is 6.84. The van der Waals surface area contributed by atoms with Crippen molar-refractivity contribution in [1.29, 1.82) is 0 Å². The van der Waals surface area contributed by atoms with Gasteiger partial charge in [-0.25, -0.2) is 9.18 Å². The number of benzene rings is 3. The Labute approximate surface area is 199 Å². The van der Waals surface area contributed by atoms with Crippen LogP contribution in [0.25, 0.3) is 0 Å². The number of aryl methyl sites for hydroxylation is 1. The molecule has 0 bridgehead atoms. The van der Waals surface area contributed by atoms with Crippen LogP contribution in [0.2, 0.25) is 0 Å². The molecule has 4 N–H and O–H groups in total. The van der Waals surface area contributed by atoms with Crippen molar-refractivity contribution in [2.45, 2.75) is 57.3 Å². The largest absolute Gasteiger partial charge is 0.508 e. The molecule has 0 aromatic heterocycles. The fourth-order valence-electron chi connectivity index (χ4n) is 4.99. The second-order valence-electron chi connectivity index (χ2n) is 9.90. The summed E-state index contributed by atoms with van der Waals surface area (Å²) >= 11 is 0. The molecule has 178 valence electrons. The third kappa shape index (κ3) is 4.56. The van der Waals surface area contributed by atoms with Crippen LogP contribution in [0, 0.1) is 12.7 Å². The Bertz CT molecular complexity index is 1240. The Hall–Kier alpha value is -3.22. The molecule has 0 saturated carbocycles. The topological polar surface area (TPSA) is 92.8 Å². The molecule has 2 unspecified atom stereocenters. The zero-order valence-corrected chi connectivity index (χ0v) is 19.6. The first kappa shape index (κ1) is 23.9. The van der Waals surface area contributed by atoms with Gasteiger partial charge < -0.3 is 20.7 Å². The quantitative estimate of drug-likeness (QED) is 0.436. The molecule has 0 aliphatic carbocycles. The standard InChI is InChI=1S/C28H30FNO4/c1-17-6-4-5-7-19(17)14-28(33,16-27(2,3)23-13-21(29)9-11-24(23)31)25(30)18-8-10-22-20(12-18)15-34-26(22)32/h4-13,25,31,33H,14-16,30H2,1-3H3. The lowest BCUT2D eigenvalue weighted by atomic mass is 9.69. The molecule has 0 spiro atoms. The van der Waals surface area contributed by atoms with Gasteiger partial charge in [0.25, 0.3) is 0 Å². The van der Waals surface area contributed by atoms with Crippen LogP contribution in [0.15, 0.2) is 60.7 Å². The predicted molar refractivity (Wildman–Crippen MR) is 128 cm³/mol. The minimum absolute atomic E-state index is 0.0357. The molecule has 5 nitrogen and oxygen atoms in total. The molecule has 3 aromatic rings. The van der Waals surface area contributed by atoms with Crippen LogP contribution in [-0.4, -0.2) is 21.8 Å². The van der Waals surface area contributed by atoms with Gasteiger partial charge >= 0.3 is 5.97 Å². The molecule has 0 radical (unpaired) electrons. The van der Waals surface area contributed by atoms with Gasteiger partial charge in [-0.1, -0.05) is 44.2 Å². The van der Waals surface area contributed by atoms with E-state index in [1.807, 2.05) is 45.0 Å². The van der Waals surface area contributed by atoms with E-state index in [1.165, 1.54) is 18.2 Å². The maximum Gasteiger partial charge on any atom is 0.338 e. The summed E-state index contributed by atoms with van der Waals surface area (Å²) in [6.45, 7) is 5.86. The van der Waals surface area contributed by atoms with Crippen molar-refractivity contribution in [1.82, 2.24) is 0 Å². The summed E-state index contributed by atoms with van der Waals surface area (Å²) in [4.78, 5) is 11.9. The number of esters is 1. The van der Waals surface area contributed by atoms with Crippen molar-refractivity contribution in [3.63, 3.8) is 0 Å². The second kappa shape index (κ2) is 8.85. The molecular formula is C28H30FNO4. The summed E-state index contributed by atoms with van der Waals surface area (Å²) < 4.78 is 19.2. The predicted octanol–water partition coefficient (Wildman–Crippen LogP) is 4.85. The molecule has 3 aromatic carbocycles. The Morgan fingerprint density at radius 2 is 1.85 bits per heavy atom. The molecule has 1 aliphatic heterocycles. The lowest BCUT2D eigenvalue weighted by Gasteiger charge is -2.41. The average Bonchev–Trinajstić information content (AvgIpc) is 3.16. The van der Waals surface area contributed by atoms with E-state index in [2.05, 4.69) is 0 Å². The Kier molecular flexibility index (Phi) is 6.23. The van der Waals surface area contributed by atoms with Crippen molar-refractivity contribution in [2.75, 3.05) is 0 Å². The summed E-state index contributed by atoms with van der Waals surface area (Å²) in [5, 5.41) is 22.6. The minimum Gasteiger partial charge on any atom is -0.508 e. The first-order valence-corrected chi connectivity index (χ1v) is 11.3. The van der Waals surface area contributed by atoms with Gasteiger partial charge in [0.15, 0.2) is 0 Å². The zero-order chi connectivity index (χ0) is 24.7. The van der Waals surface area contributed by atoms with E-state index in [4.69, 9.17) is 10.5 Å². The van der Waals surface area contributed by atoms with E-state index in [1.54, 1.807) is 18.2 Å². The SMILES string of the molecule is Cc1ccccc1CC(O)(CC(C)(C)c1cc(F)ccc1O)C(N)c1ccc2c(c1)COC2=O. The van der Waals surface area contributed by atoms with Crippen molar-refractivity contribution in [3.8, 4) is 5.75 Å². The molecule has 4 rings (SSSR count). The van der Waals surface area contributed by atoms with E-state index >= 15 is 0 Å². The lowest BCUT2D eigenvalue weighted by Crippen LogP contribution is -2.47. The highest BCUT2D eigenvalue weighted by molar-refractivity contribution is 5.93. The van der Waals surface area contributed by atoms with Crippen molar-refractivity contribution in [3.05, 3.63) is 99.9 Å². The fourth-order valence-corrected chi connectivity index (χ4v) is 4.99. The molecular weight excluding hydrogens is 433 g/mol. The number of hydrogen-bond acceptors (Lipinski definition) is 5. The molecule has 6 heteroatoms. The van der Waals surface area contributed by atoms with Crippen molar-refractivity contribution in [2.24, 2.45) is 5.73 Å². The van der Waals surface area contributed by atoms with Gasteiger partial charge in [0, 0.05) is 17.5 Å². The van der Waals surface area contributed by atoms with Gasteiger partial charge in [0.1, 0.15) is 18.2 Å². The smallest absolute Gasteiger partial charge is 0.338 e. The summed E-state index contributed by atoms with van der Waals surface area (Å²) in [5.74, 6) is -0.865. The number of fused-ring (bicyclic) bond motifs is 1. The number of aliphatic hydroxyl groups is 1. The number of cyclic esters (lactones) is 1. The van der Waals surface area contributed by atoms with Crippen LogP contribution in [0.5, 0.6) is 5.75 Å². The number of carbonyl (C=O) groups excluding carboxylic acids is 1. The van der Waals surface area contributed by atoms with Gasteiger partial charge in [0.2, 0.25) is 0 Å². The zero-order valence-electron chi connectivity index (χ0n) is 19.6. The summed E-state index contributed by atoms with van der Waals surface area (Å²) in [6, 6.07) is 16.0. The normalized spacial score (nSPS) is 16.0. The summed E-state index contributed by atoms with van der Waals surface area (Å²) in [7, 11) is 0. The van der Waals surface area contributed by atoms with Crippen LogP contribution in [0.1, 0.15) is 64.5 Å². The Balaban J connectivity index is 1.76. The first-order chi connectivity index (χ1) is 16.0. The Morgan fingerprint density at radius 3 is 2.59 bits per heavy atom. The minimum atomic E-state index is -1.45.